The van der Waals surface area contributed by atoms with Crippen LogP contribution < -0.4 is 0 Å². The molecule has 7 nitrogen and oxygen atoms in total. The first-order valence-corrected chi connectivity index (χ1v) is 10.1. The third kappa shape index (κ3) is 33.0. The molecule has 0 saturated heterocycles. The highest BCUT2D eigenvalue weighted by Crippen LogP contribution is 2.10. The smallest absolute Gasteiger partial charge is 0.394 e. The summed E-state index contributed by atoms with van der Waals surface area (Å²) in [6.07, 6.45) is 13.1. The molecule has 146 valence electrons. The van der Waals surface area contributed by atoms with Crippen LogP contribution in [0.3, 0.4) is 0 Å². The molecule has 8 heteroatoms. The van der Waals surface area contributed by atoms with Gasteiger partial charge in [0.25, 0.3) is 0 Å². The minimum absolute atomic E-state index is 0.110. The van der Waals surface area contributed by atoms with Gasteiger partial charge in [0.05, 0.1) is 13.2 Å². The topological polar surface area (TPSA) is 104 Å². The molecule has 0 unspecified atom stereocenters. The molecule has 0 aliphatic carbocycles. The van der Waals surface area contributed by atoms with Crippen molar-refractivity contribution >= 4 is 16.4 Å². The van der Waals surface area contributed by atoms with Crippen molar-refractivity contribution in [2.24, 2.45) is 0 Å². The summed E-state index contributed by atoms with van der Waals surface area (Å²) >= 11 is 0. The maximum absolute atomic E-state index is 11.2. The van der Waals surface area contributed by atoms with E-state index in [1.807, 2.05) is 19.0 Å². The molecular weight excluding hydrogens is 334 g/mol. The molecule has 0 amide bonds. The van der Waals surface area contributed by atoms with Crippen molar-refractivity contribution in [3.8, 4) is 0 Å². The van der Waals surface area contributed by atoms with Crippen LogP contribution in [-0.2, 0) is 19.9 Å². The zero-order valence-electron chi connectivity index (χ0n) is 15.4. The van der Waals surface area contributed by atoms with Crippen molar-refractivity contribution in [2.75, 3.05) is 27.2 Å². The molecule has 0 radical (unpaired) electrons. The van der Waals surface area contributed by atoms with Gasteiger partial charge in [0.15, 0.2) is 0 Å². The Labute approximate surface area is 147 Å². The molecule has 24 heavy (non-hydrogen) atoms. The molecule has 0 heterocycles. The molecule has 0 aromatic carbocycles. The van der Waals surface area contributed by atoms with Crippen LogP contribution in [0.5, 0.6) is 0 Å². The number of rotatable bonds is 13. The summed E-state index contributed by atoms with van der Waals surface area (Å²) in [5.74, 6) is -0.110. The highest BCUT2D eigenvalue weighted by Gasteiger charge is 2.03. The van der Waals surface area contributed by atoms with E-state index in [9.17, 15) is 4.79 Å². The molecule has 0 atom stereocenters. The van der Waals surface area contributed by atoms with Crippen molar-refractivity contribution in [1.29, 1.82) is 0 Å². The number of carbonyl (C=O) groups is 1. The highest BCUT2D eigenvalue weighted by atomic mass is 32.3. The Morgan fingerprint density at radius 3 is 1.62 bits per heavy atom. The van der Waals surface area contributed by atoms with Gasteiger partial charge in [-0.3, -0.25) is 18.8 Å². The van der Waals surface area contributed by atoms with Crippen LogP contribution >= 0.6 is 0 Å². The van der Waals surface area contributed by atoms with E-state index in [1.54, 1.807) is 0 Å². The standard InChI is InChI=1S/C16H33NO2.H2O4S/c1-4-5-6-7-8-9-10-11-12-13-14-19-16(18)15-17(2)3;1-5(2,3)4/h4-15H2,1-3H3;(H2,1,2,3,4). The molecule has 0 bridgehead atoms. The Kier molecular flexibility index (Phi) is 18.2. The quantitative estimate of drug-likeness (QED) is 0.291. The summed E-state index contributed by atoms with van der Waals surface area (Å²) < 4.78 is 36.7. The normalized spacial score (nSPS) is 11.1. The minimum atomic E-state index is -4.67. The van der Waals surface area contributed by atoms with Crippen LogP contribution in [0, 0.1) is 0 Å². The Bertz CT molecular complexity index is 376. The number of ether oxygens (including phenoxy) is 1. The largest absolute Gasteiger partial charge is 0.465 e. The predicted molar refractivity (Wildman–Crippen MR) is 95.5 cm³/mol. The van der Waals surface area contributed by atoms with Gasteiger partial charge in [-0.25, -0.2) is 0 Å². The van der Waals surface area contributed by atoms with Crippen molar-refractivity contribution in [2.45, 2.75) is 71.1 Å². The lowest BCUT2D eigenvalue weighted by atomic mass is 10.1. The number of carbonyl (C=O) groups excluding carboxylic acids is 1. The van der Waals surface area contributed by atoms with E-state index in [-0.39, 0.29) is 5.97 Å². The molecule has 0 aromatic rings. The molecular formula is C16H35NO6S. The number of hydrogen-bond acceptors (Lipinski definition) is 5. The Balaban J connectivity index is 0. The maximum atomic E-state index is 11.2. The van der Waals surface area contributed by atoms with E-state index in [0.717, 1.165) is 6.42 Å². The van der Waals surface area contributed by atoms with Gasteiger partial charge >= 0.3 is 16.4 Å². The fourth-order valence-corrected chi connectivity index (χ4v) is 2.08. The second-order valence-electron chi connectivity index (χ2n) is 6.09. The summed E-state index contributed by atoms with van der Waals surface area (Å²) in [5, 5.41) is 0. The molecule has 0 spiro atoms. The van der Waals surface area contributed by atoms with Crippen LogP contribution in [0.1, 0.15) is 71.1 Å². The molecule has 0 fully saturated rings. The van der Waals surface area contributed by atoms with Gasteiger partial charge in [0, 0.05) is 0 Å². The van der Waals surface area contributed by atoms with Crippen LogP contribution in [-0.4, -0.2) is 55.6 Å². The SMILES string of the molecule is CCCCCCCCCCCCOC(=O)CN(C)C.O=S(=O)(O)O. The van der Waals surface area contributed by atoms with Gasteiger partial charge in [-0.1, -0.05) is 64.7 Å². The molecule has 2 N–H and O–H groups in total. The highest BCUT2D eigenvalue weighted by molar-refractivity contribution is 7.79. The van der Waals surface area contributed by atoms with Gasteiger partial charge in [-0.15, -0.1) is 0 Å². The van der Waals surface area contributed by atoms with E-state index in [4.69, 9.17) is 22.3 Å². The second-order valence-corrected chi connectivity index (χ2v) is 6.98. The fourth-order valence-electron chi connectivity index (χ4n) is 2.08. The molecule has 0 rings (SSSR count). The van der Waals surface area contributed by atoms with Gasteiger partial charge < -0.3 is 4.74 Å². The van der Waals surface area contributed by atoms with Gasteiger partial charge in [-0.05, 0) is 20.5 Å². The van der Waals surface area contributed by atoms with Gasteiger partial charge in [0.1, 0.15) is 0 Å². The van der Waals surface area contributed by atoms with Crippen LogP contribution in [0.2, 0.25) is 0 Å². The predicted octanol–water partition coefficient (Wildman–Crippen LogP) is 3.36. The van der Waals surface area contributed by atoms with Crippen LogP contribution in [0.4, 0.5) is 0 Å². The van der Waals surface area contributed by atoms with Gasteiger partial charge in [-0.2, -0.15) is 8.42 Å². The monoisotopic (exact) mass is 369 g/mol. The van der Waals surface area contributed by atoms with Crippen LogP contribution in [0.15, 0.2) is 0 Å². The first kappa shape index (κ1) is 25.5. The lowest BCUT2D eigenvalue weighted by Crippen LogP contribution is -2.23. The number of hydrogen-bond donors (Lipinski definition) is 2. The van der Waals surface area contributed by atoms with E-state index < -0.39 is 10.4 Å². The van der Waals surface area contributed by atoms with Crippen molar-refractivity contribution in [3.05, 3.63) is 0 Å². The van der Waals surface area contributed by atoms with E-state index in [2.05, 4.69) is 6.92 Å². The van der Waals surface area contributed by atoms with Crippen molar-refractivity contribution in [3.63, 3.8) is 0 Å². The molecule has 0 aromatic heterocycles. The van der Waals surface area contributed by atoms with E-state index in [1.165, 1.54) is 57.8 Å². The van der Waals surface area contributed by atoms with Gasteiger partial charge in [0.2, 0.25) is 0 Å². The Morgan fingerprint density at radius 2 is 1.25 bits per heavy atom. The maximum Gasteiger partial charge on any atom is 0.394 e. The van der Waals surface area contributed by atoms with E-state index in [0.29, 0.717) is 13.2 Å². The Morgan fingerprint density at radius 1 is 0.875 bits per heavy atom. The average Bonchev–Trinajstić information content (AvgIpc) is 2.42. The summed E-state index contributed by atoms with van der Waals surface area (Å²) in [7, 11) is -0.913. The number of esters is 1. The third-order valence-corrected chi connectivity index (χ3v) is 3.21. The lowest BCUT2D eigenvalue weighted by molar-refractivity contribution is -0.144. The summed E-state index contributed by atoms with van der Waals surface area (Å²) in [5.41, 5.74) is 0. The zero-order chi connectivity index (χ0) is 18.8. The fraction of sp³-hybridized carbons (Fsp3) is 0.938. The summed E-state index contributed by atoms with van der Waals surface area (Å²) in [6.45, 7) is 3.23. The molecule has 0 aliphatic heterocycles. The first-order chi connectivity index (χ1) is 11.2. The number of unbranched alkanes of at least 4 members (excludes halogenated alkanes) is 9. The lowest BCUT2D eigenvalue weighted by Gasteiger charge is -2.09. The average molecular weight is 370 g/mol. The van der Waals surface area contributed by atoms with Crippen molar-refractivity contribution < 1.29 is 27.1 Å². The van der Waals surface area contributed by atoms with Crippen LogP contribution in [0.25, 0.3) is 0 Å². The van der Waals surface area contributed by atoms with Crippen molar-refractivity contribution in [1.82, 2.24) is 4.90 Å². The zero-order valence-corrected chi connectivity index (χ0v) is 16.2. The first-order valence-electron chi connectivity index (χ1n) is 8.67. The molecule has 0 saturated carbocycles. The Hall–Kier alpha value is -0.700. The summed E-state index contributed by atoms with van der Waals surface area (Å²) in [4.78, 5) is 13.1. The third-order valence-electron chi connectivity index (χ3n) is 3.21. The number of likely N-dealkylation sites (N-methyl/N-ethyl adjacent to an activating group) is 1. The number of nitrogens with zero attached hydrogens (tertiary/aromatic N) is 1. The second kappa shape index (κ2) is 17.1. The molecule has 0 aliphatic rings. The van der Waals surface area contributed by atoms with E-state index >= 15 is 0 Å². The minimum Gasteiger partial charge on any atom is -0.465 e. The summed E-state index contributed by atoms with van der Waals surface area (Å²) in [6, 6.07) is 0.